The molecule has 7 heteroatoms. The van der Waals surface area contributed by atoms with Crippen molar-refractivity contribution in [3.8, 4) is 5.69 Å². The number of hydrogen-bond acceptors (Lipinski definition) is 4. The number of thiophene rings is 1. The van der Waals surface area contributed by atoms with Crippen LogP contribution in [0.5, 0.6) is 0 Å². The average molecular weight is 419 g/mol. The van der Waals surface area contributed by atoms with Crippen molar-refractivity contribution in [1.29, 1.82) is 0 Å². The summed E-state index contributed by atoms with van der Waals surface area (Å²) in [6.07, 6.45) is 1.93. The summed E-state index contributed by atoms with van der Waals surface area (Å²) in [5.74, 6) is 1.21. The maximum atomic E-state index is 13.2. The summed E-state index contributed by atoms with van der Waals surface area (Å²) in [6, 6.07) is 16.3. The molecule has 0 saturated carbocycles. The smallest absolute Gasteiger partial charge is 0.274 e. The van der Waals surface area contributed by atoms with Crippen LogP contribution >= 0.6 is 11.3 Å². The first-order valence-electron chi connectivity index (χ1n) is 10.2. The molecule has 0 atom stereocenters. The topological polar surface area (TPSA) is 55.5 Å². The van der Waals surface area contributed by atoms with Crippen LogP contribution in [-0.2, 0) is 0 Å². The van der Waals surface area contributed by atoms with E-state index in [4.69, 9.17) is 5.10 Å². The molecule has 1 aliphatic heterocycles. The molecule has 0 bridgehead atoms. The van der Waals surface area contributed by atoms with E-state index >= 15 is 0 Å². The molecule has 1 fully saturated rings. The van der Waals surface area contributed by atoms with E-state index in [2.05, 4.69) is 35.0 Å². The maximum Gasteiger partial charge on any atom is 0.274 e. The molecule has 0 aliphatic carbocycles. The number of benzene rings is 1. The summed E-state index contributed by atoms with van der Waals surface area (Å²) in [5.41, 5.74) is 3.18. The minimum Gasteiger partial charge on any atom is -0.330 e. The number of aromatic nitrogens is 3. The van der Waals surface area contributed by atoms with E-state index in [1.807, 2.05) is 53.0 Å². The molecule has 1 amide bonds. The molecule has 0 unspecified atom stereocenters. The summed E-state index contributed by atoms with van der Waals surface area (Å²) in [6.45, 7) is 7.19. The van der Waals surface area contributed by atoms with Crippen LogP contribution in [0.1, 0.15) is 20.9 Å². The maximum absolute atomic E-state index is 13.2. The van der Waals surface area contributed by atoms with Crippen LogP contribution in [0.25, 0.3) is 15.9 Å². The first-order valence-corrected chi connectivity index (χ1v) is 11.0. The van der Waals surface area contributed by atoms with Crippen molar-refractivity contribution in [2.75, 3.05) is 31.1 Å². The lowest BCUT2D eigenvalue weighted by atomic mass is 10.2. The fourth-order valence-corrected chi connectivity index (χ4v) is 5.15. The highest BCUT2D eigenvalue weighted by atomic mass is 32.1. The second-order valence-electron chi connectivity index (χ2n) is 7.64. The summed E-state index contributed by atoms with van der Waals surface area (Å²) < 4.78 is 1.98. The number of pyridine rings is 1. The Hall–Kier alpha value is -3.19. The van der Waals surface area contributed by atoms with Gasteiger partial charge in [0.1, 0.15) is 17.9 Å². The van der Waals surface area contributed by atoms with E-state index in [-0.39, 0.29) is 5.91 Å². The molecule has 152 valence electrons. The van der Waals surface area contributed by atoms with Crippen LogP contribution in [0.3, 0.4) is 0 Å². The number of carbonyl (C=O) groups is 1. The molecular weight excluding hydrogens is 394 g/mol. The number of rotatable bonds is 3. The van der Waals surface area contributed by atoms with Gasteiger partial charge in [-0.05, 0) is 37.6 Å². The SMILES string of the molecule is Cc1ccccc1-n1nc(C)c2cc(C(=O)N3CCN(c4cccc[nH+]4)CC3)sc21. The molecule has 4 aromatic rings. The number of aromatic amines is 1. The fraction of sp³-hybridized carbons (Fsp3) is 0.261. The monoisotopic (exact) mass is 418 g/mol. The Labute approximate surface area is 179 Å². The molecule has 1 aromatic carbocycles. The summed E-state index contributed by atoms with van der Waals surface area (Å²) >= 11 is 1.54. The van der Waals surface area contributed by atoms with Gasteiger partial charge in [0.15, 0.2) is 0 Å². The average Bonchev–Trinajstić information content (AvgIpc) is 3.35. The lowest BCUT2D eigenvalue weighted by Gasteiger charge is -2.30. The number of carbonyl (C=O) groups excluding carboxylic acids is 1. The molecule has 0 radical (unpaired) electrons. The van der Waals surface area contributed by atoms with Gasteiger partial charge in [0, 0.05) is 11.5 Å². The number of amides is 1. The molecule has 1 N–H and O–H groups in total. The van der Waals surface area contributed by atoms with Crippen molar-refractivity contribution in [3.05, 3.63) is 70.9 Å². The number of nitrogens with zero attached hydrogens (tertiary/aromatic N) is 4. The van der Waals surface area contributed by atoms with E-state index in [0.717, 1.165) is 64.0 Å². The molecule has 1 saturated heterocycles. The summed E-state index contributed by atoms with van der Waals surface area (Å²) in [7, 11) is 0. The number of H-pyrrole nitrogens is 1. The molecule has 30 heavy (non-hydrogen) atoms. The van der Waals surface area contributed by atoms with E-state index in [9.17, 15) is 4.79 Å². The lowest BCUT2D eigenvalue weighted by molar-refractivity contribution is -0.364. The first-order chi connectivity index (χ1) is 14.6. The third-order valence-corrected chi connectivity index (χ3v) is 6.80. The van der Waals surface area contributed by atoms with E-state index < -0.39 is 0 Å². The lowest BCUT2D eigenvalue weighted by Crippen LogP contribution is -2.49. The Morgan fingerprint density at radius 3 is 2.53 bits per heavy atom. The van der Waals surface area contributed by atoms with Crippen molar-refractivity contribution in [3.63, 3.8) is 0 Å². The van der Waals surface area contributed by atoms with Crippen LogP contribution in [0.4, 0.5) is 5.82 Å². The number of aryl methyl sites for hydroxylation is 2. The van der Waals surface area contributed by atoms with Gasteiger partial charge in [0.2, 0.25) is 0 Å². The van der Waals surface area contributed by atoms with Gasteiger partial charge in [-0.2, -0.15) is 5.10 Å². The van der Waals surface area contributed by atoms with Crippen molar-refractivity contribution in [2.24, 2.45) is 0 Å². The third-order valence-electron chi connectivity index (χ3n) is 5.70. The Morgan fingerprint density at radius 2 is 1.80 bits per heavy atom. The normalized spacial score (nSPS) is 14.5. The van der Waals surface area contributed by atoms with Gasteiger partial charge in [-0.15, -0.1) is 11.3 Å². The highest BCUT2D eigenvalue weighted by Crippen LogP contribution is 2.32. The molecular formula is C23H24N5OS+. The van der Waals surface area contributed by atoms with Crippen LogP contribution in [0.2, 0.25) is 0 Å². The molecule has 3 aromatic heterocycles. The minimum atomic E-state index is 0.114. The number of anilines is 1. The number of fused-ring (bicyclic) bond motifs is 1. The van der Waals surface area contributed by atoms with Gasteiger partial charge in [0.25, 0.3) is 11.7 Å². The van der Waals surface area contributed by atoms with Gasteiger partial charge in [-0.1, -0.05) is 24.3 Å². The molecule has 0 spiro atoms. The number of piperazine rings is 1. The Bertz CT molecular complexity index is 1210. The van der Waals surface area contributed by atoms with Crippen LogP contribution in [-0.4, -0.2) is 46.8 Å². The number of para-hydroxylation sites is 1. The Balaban J connectivity index is 1.39. The predicted octanol–water partition coefficient (Wildman–Crippen LogP) is 3.48. The fourth-order valence-electron chi connectivity index (χ4n) is 4.00. The van der Waals surface area contributed by atoms with E-state index in [0.29, 0.717) is 0 Å². The van der Waals surface area contributed by atoms with Gasteiger partial charge >= 0.3 is 0 Å². The Kier molecular flexibility index (Phi) is 4.75. The quantitative estimate of drug-likeness (QED) is 0.512. The Morgan fingerprint density at radius 1 is 1.03 bits per heavy atom. The molecule has 1 aliphatic rings. The van der Waals surface area contributed by atoms with Crippen molar-refractivity contribution in [1.82, 2.24) is 14.7 Å². The minimum absolute atomic E-state index is 0.114. The zero-order chi connectivity index (χ0) is 20.7. The number of hydrogen-bond donors (Lipinski definition) is 0. The second-order valence-corrected chi connectivity index (χ2v) is 8.67. The van der Waals surface area contributed by atoms with Crippen molar-refractivity contribution in [2.45, 2.75) is 13.8 Å². The van der Waals surface area contributed by atoms with Crippen molar-refractivity contribution >= 4 is 33.3 Å². The van der Waals surface area contributed by atoms with Crippen LogP contribution in [0.15, 0.2) is 54.7 Å². The highest BCUT2D eigenvalue weighted by molar-refractivity contribution is 7.20. The largest absolute Gasteiger partial charge is 0.330 e. The van der Waals surface area contributed by atoms with E-state index in [1.54, 1.807) is 0 Å². The second kappa shape index (κ2) is 7.57. The van der Waals surface area contributed by atoms with Crippen LogP contribution < -0.4 is 9.88 Å². The third kappa shape index (κ3) is 3.25. The molecule has 6 nitrogen and oxygen atoms in total. The molecule has 4 heterocycles. The number of nitrogens with one attached hydrogen (secondary N) is 1. The van der Waals surface area contributed by atoms with Crippen LogP contribution in [0, 0.1) is 13.8 Å². The zero-order valence-electron chi connectivity index (χ0n) is 17.1. The molecule has 5 rings (SSSR count). The van der Waals surface area contributed by atoms with Gasteiger partial charge < -0.3 is 4.90 Å². The standard InChI is InChI=1S/C23H23N5OS/c1-16-7-3-4-8-19(16)28-23-18(17(2)25-28)15-20(30-23)22(29)27-13-11-26(12-14-27)21-9-5-6-10-24-21/h3-10,15H,11-14H2,1-2H3/p+1. The zero-order valence-corrected chi connectivity index (χ0v) is 17.9. The predicted molar refractivity (Wildman–Crippen MR) is 120 cm³/mol. The summed E-state index contributed by atoms with van der Waals surface area (Å²) in [4.78, 5) is 22.6. The van der Waals surface area contributed by atoms with Crippen molar-refractivity contribution < 1.29 is 9.78 Å². The first kappa shape index (κ1) is 18.8. The van der Waals surface area contributed by atoms with Gasteiger partial charge in [-0.3, -0.25) is 9.69 Å². The highest BCUT2D eigenvalue weighted by Gasteiger charge is 2.28. The van der Waals surface area contributed by atoms with E-state index in [1.165, 1.54) is 11.3 Å². The van der Waals surface area contributed by atoms with Gasteiger partial charge in [-0.25, -0.2) is 9.67 Å². The summed E-state index contributed by atoms with van der Waals surface area (Å²) in [5, 5.41) is 5.79. The van der Waals surface area contributed by atoms with Gasteiger partial charge in [0.05, 0.1) is 35.5 Å².